The van der Waals surface area contributed by atoms with Crippen LogP contribution in [0.4, 0.5) is 11.4 Å². The number of nitrogens with zero attached hydrogens (tertiary/aromatic N) is 2. The monoisotopic (exact) mass is 533 g/mol. The third kappa shape index (κ3) is 3.82. The fourth-order valence-electron chi connectivity index (χ4n) is 4.73. The molecule has 36 heavy (non-hydrogen) atoms. The maximum absolute atomic E-state index is 13.7. The Hall–Kier alpha value is -3.47. The minimum absolute atomic E-state index is 0.175. The molecule has 2 aromatic carbocycles. The Bertz CT molecular complexity index is 1510. The Morgan fingerprint density at radius 3 is 2.31 bits per heavy atom. The highest BCUT2D eigenvalue weighted by molar-refractivity contribution is 8.00. The molecule has 2 aliphatic rings. The lowest BCUT2D eigenvalue weighted by molar-refractivity contribution is -0.122. The molecule has 2 aliphatic heterocycles. The molecule has 180 valence electrons. The number of imide groups is 1. The standard InChI is InChI=1S/C26H19N3O4S3/c30-18(27-15-8-3-1-4-9-15)14-28-25-22(36-26(28)33)19(17-12-7-13-34-17)20-21(35-25)24(32)29(23(20)31)16-10-5-2-6-11-16/h1-13,19-21H,14H2,(H,27,30)/t19-,20-,21+/m0/s1. The number of thiophene rings is 1. The Labute approximate surface area is 218 Å². The Kier molecular flexibility index (Phi) is 5.87. The maximum Gasteiger partial charge on any atom is 0.308 e. The molecular weight excluding hydrogens is 515 g/mol. The largest absolute Gasteiger partial charge is 0.325 e. The van der Waals surface area contributed by atoms with E-state index >= 15 is 0 Å². The van der Waals surface area contributed by atoms with Crippen molar-refractivity contribution in [2.45, 2.75) is 22.7 Å². The quantitative estimate of drug-likeness (QED) is 0.384. The summed E-state index contributed by atoms with van der Waals surface area (Å²) in [6, 6.07) is 21.8. The average molecular weight is 534 g/mol. The number of benzene rings is 2. The summed E-state index contributed by atoms with van der Waals surface area (Å²) in [5, 5.41) is 4.64. The van der Waals surface area contributed by atoms with Crippen LogP contribution in [0, 0.1) is 5.92 Å². The lowest BCUT2D eigenvalue weighted by Gasteiger charge is -2.29. The van der Waals surface area contributed by atoms with Gasteiger partial charge in [-0.25, -0.2) is 4.90 Å². The second-order valence-electron chi connectivity index (χ2n) is 8.44. The van der Waals surface area contributed by atoms with E-state index in [4.69, 9.17) is 0 Å². The van der Waals surface area contributed by atoms with Gasteiger partial charge in [0.2, 0.25) is 17.7 Å². The summed E-state index contributed by atoms with van der Waals surface area (Å²) >= 11 is 3.77. The molecule has 4 heterocycles. The van der Waals surface area contributed by atoms with Crippen molar-refractivity contribution in [3.05, 3.63) is 97.6 Å². The topological polar surface area (TPSA) is 88.5 Å². The van der Waals surface area contributed by atoms with Crippen LogP contribution in [0.1, 0.15) is 15.7 Å². The minimum Gasteiger partial charge on any atom is -0.325 e. The number of thiazole rings is 1. The van der Waals surface area contributed by atoms with Crippen LogP contribution in [0.25, 0.3) is 0 Å². The number of fused-ring (bicyclic) bond motifs is 2. The van der Waals surface area contributed by atoms with Gasteiger partial charge in [-0.3, -0.25) is 23.7 Å². The van der Waals surface area contributed by atoms with Crippen molar-refractivity contribution in [1.82, 2.24) is 4.57 Å². The van der Waals surface area contributed by atoms with Gasteiger partial charge in [-0.2, -0.15) is 0 Å². The van der Waals surface area contributed by atoms with Crippen LogP contribution < -0.4 is 15.1 Å². The van der Waals surface area contributed by atoms with Crippen molar-refractivity contribution in [3.8, 4) is 0 Å². The SMILES string of the molecule is O=C(Cn1c2c(sc1=O)[C@@H](c1cccs1)[C@@H]1C(=O)N(c3ccccc3)C(=O)[C@@H]1S2)Nc1ccccc1. The lowest BCUT2D eigenvalue weighted by Crippen LogP contribution is -2.32. The van der Waals surface area contributed by atoms with Gasteiger partial charge in [0, 0.05) is 21.4 Å². The van der Waals surface area contributed by atoms with Crippen LogP contribution >= 0.6 is 34.4 Å². The van der Waals surface area contributed by atoms with E-state index in [0.717, 1.165) is 21.1 Å². The van der Waals surface area contributed by atoms with Crippen LogP contribution in [0.3, 0.4) is 0 Å². The summed E-state index contributed by atoms with van der Waals surface area (Å²) in [5.74, 6) is -1.95. The number of aromatic nitrogens is 1. The van der Waals surface area contributed by atoms with E-state index in [-0.39, 0.29) is 29.1 Å². The highest BCUT2D eigenvalue weighted by Gasteiger charge is 2.57. The molecule has 3 atom stereocenters. The first-order valence-electron chi connectivity index (χ1n) is 11.2. The van der Waals surface area contributed by atoms with Gasteiger partial charge in [-0.05, 0) is 35.7 Å². The van der Waals surface area contributed by atoms with Gasteiger partial charge in [0.1, 0.15) is 11.8 Å². The highest BCUT2D eigenvalue weighted by atomic mass is 32.2. The molecule has 0 bridgehead atoms. The van der Waals surface area contributed by atoms with Crippen molar-refractivity contribution >= 4 is 63.5 Å². The normalized spacial score (nSPS) is 20.8. The number of hydrogen-bond donors (Lipinski definition) is 1. The summed E-state index contributed by atoms with van der Waals surface area (Å²) in [7, 11) is 0. The number of anilines is 2. The van der Waals surface area contributed by atoms with Crippen LogP contribution in [-0.4, -0.2) is 27.5 Å². The van der Waals surface area contributed by atoms with Crippen molar-refractivity contribution in [3.63, 3.8) is 0 Å². The molecule has 10 heteroatoms. The number of para-hydroxylation sites is 2. The first kappa shape index (κ1) is 23.0. The molecule has 2 aromatic heterocycles. The summed E-state index contributed by atoms with van der Waals surface area (Å²) in [5.41, 5.74) is 1.18. The van der Waals surface area contributed by atoms with E-state index in [1.54, 1.807) is 36.4 Å². The third-order valence-corrected chi connectivity index (χ3v) is 9.83. The number of rotatable bonds is 5. The molecule has 1 fully saturated rings. The Morgan fingerprint density at radius 2 is 1.61 bits per heavy atom. The van der Waals surface area contributed by atoms with E-state index < -0.39 is 17.1 Å². The zero-order chi connectivity index (χ0) is 24.8. The number of hydrogen-bond acceptors (Lipinski definition) is 7. The van der Waals surface area contributed by atoms with Crippen molar-refractivity contribution in [2.24, 2.45) is 5.92 Å². The molecule has 0 aliphatic carbocycles. The van der Waals surface area contributed by atoms with Crippen molar-refractivity contribution in [1.29, 1.82) is 0 Å². The van der Waals surface area contributed by atoms with Gasteiger partial charge in [-0.15, -0.1) is 11.3 Å². The van der Waals surface area contributed by atoms with Crippen molar-refractivity contribution in [2.75, 3.05) is 10.2 Å². The fourth-order valence-corrected chi connectivity index (χ4v) is 8.45. The van der Waals surface area contributed by atoms with Crippen LogP contribution in [0.5, 0.6) is 0 Å². The van der Waals surface area contributed by atoms with Gasteiger partial charge in [0.05, 0.1) is 16.6 Å². The second-order valence-corrected chi connectivity index (χ2v) is 11.5. The third-order valence-electron chi connectivity index (χ3n) is 6.27. The number of amides is 3. The number of carbonyl (C=O) groups excluding carboxylic acids is 3. The molecule has 4 aromatic rings. The highest BCUT2D eigenvalue weighted by Crippen LogP contribution is 2.54. The fraction of sp³-hybridized carbons (Fsp3) is 0.154. The predicted molar refractivity (Wildman–Crippen MR) is 142 cm³/mol. The summed E-state index contributed by atoms with van der Waals surface area (Å²) in [6.45, 7) is -0.175. The number of nitrogens with one attached hydrogen (secondary N) is 1. The first-order valence-corrected chi connectivity index (χ1v) is 13.8. The molecule has 6 rings (SSSR count). The van der Waals surface area contributed by atoms with E-state index in [9.17, 15) is 19.2 Å². The van der Waals surface area contributed by atoms with E-state index in [2.05, 4.69) is 5.32 Å². The lowest BCUT2D eigenvalue weighted by atomic mass is 9.87. The molecule has 0 spiro atoms. The summed E-state index contributed by atoms with van der Waals surface area (Å²) in [6.07, 6.45) is 0. The molecule has 0 unspecified atom stereocenters. The smallest absolute Gasteiger partial charge is 0.308 e. The van der Waals surface area contributed by atoms with Crippen molar-refractivity contribution < 1.29 is 14.4 Å². The van der Waals surface area contributed by atoms with Crippen LogP contribution in [0.15, 0.2) is 88.0 Å². The van der Waals surface area contributed by atoms with E-state index in [1.807, 2.05) is 41.8 Å². The Balaban J connectivity index is 1.40. The molecule has 7 nitrogen and oxygen atoms in total. The van der Waals surface area contributed by atoms with Gasteiger partial charge in [-0.1, -0.05) is 65.6 Å². The van der Waals surface area contributed by atoms with E-state index in [1.165, 1.54) is 32.6 Å². The number of thioether (sulfide) groups is 1. The molecule has 3 amide bonds. The van der Waals surface area contributed by atoms with Crippen LogP contribution in [-0.2, 0) is 20.9 Å². The second kappa shape index (κ2) is 9.20. The zero-order valence-electron chi connectivity index (χ0n) is 18.7. The maximum atomic E-state index is 13.7. The molecule has 1 saturated heterocycles. The molecule has 0 saturated carbocycles. The molecule has 0 radical (unpaired) electrons. The predicted octanol–water partition coefficient (Wildman–Crippen LogP) is 4.41. The van der Waals surface area contributed by atoms with Crippen LogP contribution in [0.2, 0.25) is 0 Å². The van der Waals surface area contributed by atoms with Gasteiger partial charge in [0.15, 0.2) is 0 Å². The minimum atomic E-state index is -0.685. The average Bonchev–Trinajstić information content (AvgIpc) is 3.58. The molecular formula is C26H19N3O4S3. The van der Waals surface area contributed by atoms with Gasteiger partial charge < -0.3 is 5.32 Å². The Morgan fingerprint density at radius 1 is 0.889 bits per heavy atom. The summed E-state index contributed by atoms with van der Waals surface area (Å²) < 4.78 is 1.43. The molecule has 1 N–H and O–H groups in total. The van der Waals surface area contributed by atoms with Gasteiger partial charge >= 0.3 is 4.87 Å². The van der Waals surface area contributed by atoms with Gasteiger partial charge in [0.25, 0.3) is 0 Å². The number of carbonyl (C=O) groups is 3. The van der Waals surface area contributed by atoms with E-state index in [0.29, 0.717) is 16.4 Å². The zero-order valence-corrected chi connectivity index (χ0v) is 21.1. The first-order chi connectivity index (χ1) is 17.5. The summed E-state index contributed by atoms with van der Waals surface area (Å²) in [4.78, 5) is 55.8.